The Morgan fingerprint density at radius 2 is 2.20 bits per heavy atom. The van der Waals surface area contributed by atoms with Crippen molar-refractivity contribution in [2.45, 2.75) is 25.6 Å². The van der Waals surface area contributed by atoms with Crippen LogP contribution in [-0.4, -0.2) is 23.5 Å². The molecule has 1 aliphatic heterocycles. The fourth-order valence-corrected chi connectivity index (χ4v) is 2.64. The second-order valence-corrected chi connectivity index (χ2v) is 5.39. The summed E-state index contributed by atoms with van der Waals surface area (Å²) in [5, 5.41) is 5.59. The largest absolute Gasteiger partial charge is 0.433 e. The highest BCUT2D eigenvalue weighted by molar-refractivity contribution is 5.95. The first-order chi connectivity index (χ1) is 9.36. The molecule has 1 aromatic heterocycles. The Morgan fingerprint density at radius 3 is 2.75 bits per heavy atom. The molecule has 1 aliphatic carbocycles. The number of alkyl halides is 3. The summed E-state index contributed by atoms with van der Waals surface area (Å²) in [6, 6.07) is 1.92. The molecule has 3 atom stereocenters. The van der Waals surface area contributed by atoms with Crippen LogP contribution in [0.15, 0.2) is 12.1 Å². The molecule has 0 radical (unpaired) electrons. The maximum absolute atomic E-state index is 12.6. The van der Waals surface area contributed by atoms with Crippen LogP contribution in [0.2, 0.25) is 0 Å². The molecule has 2 heterocycles. The average Bonchev–Trinajstić information content (AvgIpc) is 3.01. The Morgan fingerprint density at radius 1 is 1.45 bits per heavy atom. The van der Waals surface area contributed by atoms with E-state index in [1.165, 1.54) is 6.07 Å². The first kappa shape index (κ1) is 13.4. The number of amides is 1. The second kappa shape index (κ2) is 4.44. The van der Waals surface area contributed by atoms with E-state index in [9.17, 15) is 18.0 Å². The molecule has 0 unspecified atom stereocenters. The van der Waals surface area contributed by atoms with Crippen LogP contribution >= 0.6 is 0 Å². The van der Waals surface area contributed by atoms with Crippen molar-refractivity contribution >= 4 is 11.7 Å². The summed E-state index contributed by atoms with van der Waals surface area (Å²) >= 11 is 0. The van der Waals surface area contributed by atoms with Crippen molar-refractivity contribution < 1.29 is 18.0 Å². The van der Waals surface area contributed by atoms with Gasteiger partial charge in [0, 0.05) is 0 Å². The maximum Gasteiger partial charge on any atom is 0.433 e. The molecule has 1 amide bonds. The van der Waals surface area contributed by atoms with Gasteiger partial charge in [0.05, 0.1) is 6.04 Å². The topological polar surface area (TPSA) is 54.0 Å². The van der Waals surface area contributed by atoms with Crippen LogP contribution in [0.3, 0.4) is 0 Å². The van der Waals surface area contributed by atoms with Crippen LogP contribution in [-0.2, 0) is 11.0 Å². The van der Waals surface area contributed by atoms with E-state index in [1.807, 2.05) is 0 Å². The number of pyridine rings is 1. The quantitative estimate of drug-likeness (QED) is 0.873. The number of hydrogen-bond acceptors (Lipinski definition) is 3. The van der Waals surface area contributed by atoms with Crippen LogP contribution in [0.4, 0.5) is 19.0 Å². The van der Waals surface area contributed by atoms with E-state index in [-0.39, 0.29) is 17.8 Å². The van der Waals surface area contributed by atoms with Gasteiger partial charge in [0.1, 0.15) is 11.5 Å². The first-order valence-corrected chi connectivity index (χ1v) is 6.45. The lowest BCUT2D eigenvalue weighted by Gasteiger charge is -2.15. The van der Waals surface area contributed by atoms with Crippen molar-refractivity contribution in [3.05, 3.63) is 23.4 Å². The predicted molar refractivity (Wildman–Crippen MR) is 66.0 cm³/mol. The van der Waals surface area contributed by atoms with Gasteiger partial charge in [0.2, 0.25) is 5.91 Å². The molecule has 20 heavy (non-hydrogen) atoms. The number of piperidine rings is 1. The number of nitrogens with zero attached hydrogens (tertiary/aromatic N) is 1. The number of halogens is 3. The SMILES string of the molecule is Cc1ccc(C(F)(F)F)nc1NC(=O)[C@H]1NC[C@H]2C[C@H]21. The molecular weight excluding hydrogens is 271 g/mol. The lowest BCUT2D eigenvalue weighted by Crippen LogP contribution is -2.39. The van der Waals surface area contributed by atoms with Crippen LogP contribution < -0.4 is 10.6 Å². The van der Waals surface area contributed by atoms with Gasteiger partial charge in [-0.3, -0.25) is 4.79 Å². The van der Waals surface area contributed by atoms with E-state index in [0.29, 0.717) is 17.4 Å². The number of carbonyl (C=O) groups excluding carboxylic acids is 1. The minimum Gasteiger partial charge on any atom is -0.309 e. The molecule has 2 aliphatic rings. The van der Waals surface area contributed by atoms with Gasteiger partial charge in [-0.2, -0.15) is 13.2 Å². The molecule has 7 heteroatoms. The van der Waals surface area contributed by atoms with Crippen molar-refractivity contribution in [1.82, 2.24) is 10.3 Å². The number of anilines is 1. The number of aryl methyl sites for hydroxylation is 1. The first-order valence-electron chi connectivity index (χ1n) is 6.45. The highest BCUT2D eigenvalue weighted by Gasteiger charge is 2.51. The average molecular weight is 285 g/mol. The minimum absolute atomic E-state index is 0.0178. The van der Waals surface area contributed by atoms with Crippen molar-refractivity contribution in [1.29, 1.82) is 0 Å². The zero-order valence-corrected chi connectivity index (χ0v) is 10.8. The molecule has 2 N–H and O–H groups in total. The molecule has 0 spiro atoms. The summed E-state index contributed by atoms with van der Waals surface area (Å²) in [6.07, 6.45) is -3.50. The number of rotatable bonds is 2. The number of nitrogens with one attached hydrogen (secondary N) is 2. The minimum atomic E-state index is -4.51. The van der Waals surface area contributed by atoms with Gasteiger partial charge in [-0.15, -0.1) is 0 Å². The Labute approximate surface area is 113 Å². The summed E-state index contributed by atoms with van der Waals surface area (Å²) in [5.74, 6) is 0.545. The van der Waals surface area contributed by atoms with Gasteiger partial charge >= 0.3 is 6.18 Å². The molecule has 0 aromatic carbocycles. The third kappa shape index (κ3) is 2.37. The molecule has 1 aromatic rings. The lowest BCUT2D eigenvalue weighted by atomic mass is 10.2. The van der Waals surface area contributed by atoms with E-state index < -0.39 is 11.9 Å². The van der Waals surface area contributed by atoms with Crippen LogP contribution in [0.5, 0.6) is 0 Å². The van der Waals surface area contributed by atoms with Gasteiger partial charge in [-0.1, -0.05) is 6.07 Å². The van der Waals surface area contributed by atoms with Crippen molar-refractivity contribution in [3.8, 4) is 0 Å². The van der Waals surface area contributed by atoms with Crippen LogP contribution in [0, 0.1) is 18.8 Å². The summed E-state index contributed by atoms with van der Waals surface area (Å²) in [6.45, 7) is 2.42. The van der Waals surface area contributed by atoms with Crippen molar-refractivity contribution in [2.24, 2.45) is 11.8 Å². The van der Waals surface area contributed by atoms with Crippen LogP contribution in [0.1, 0.15) is 17.7 Å². The Bertz CT molecular complexity index is 558. The van der Waals surface area contributed by atoms with Crippen LogP contribution in [0.25, 0.3) is 0 Å². The molecule has 2 fully saturated rings. The van der Waals surface area contributed by atoms with Gasteiger partial charge < -0.3 is 10.6 Å². The number of hydrogen-bond donors (Lipinski definition) is 2. The molecule has 0 bridgehead atoms. The molecule has 1 saturated heterocycles. The Balaban J connectivity index is 1.77. The normalized spacial score (nSPS) is 28.1. The van der Waals surface area contributed by atoms with Gasteiger partial charge in [-0.05, 0) is 43.4 Å². The molecule has 108 valence electrons. The van der Waals surface area contributed by atoms with E-state index >= 15 is 0 Å². The fraction of sp³-hybridized carbons (Fsp3) is 0.538. The molecule has 4 nitrogen and oxygen atoms in total. The molecule has 3 rings (SSSR count). The summed E-state index contributed by atoms with van der Waals surface area (Å²) in [4.78, 5) is 15.6. The van der Waals surface area contributed by atoms with Crippen molar-refractivity contribution in [2.75, 3.05) is 11.9 Å². The Hall–Kier alpha value is -1.63. The van der Waals surface area contributed by atoms with Crippen molar-refractivity contribution in [3.63, 3.8) is 0 Å². The number of fused-ring (bicyclic) bond motifs is 1. The highest BCUT2D eigenvalue weighted by atomic mass is 19.4. The van der Waals surface area contributed by atoms with Gasteiger partial charge in [0.15, 0.2) is 0 Å². The summed E-state index contributed by atoms with van der Waals surface area (Å²) < 4.78 is 37.9. The summed E-state index contributed by atoms with van der Waals surface area (Å²) in [7, 11) is 0. The number of aromatic nitrogens is 1. The standard InChI is InChI=1S/C13H14F3N3O/c1-6-2-3-9(13(14,15)16)18-11(6)19-12(20)10-8-4-7(8)5-17-10/h2-3,7-8,10,17H,4-5H2,1H3,(H,18,19,20)/t7-,8-,10+/m1/s1. The lowest BCUT2D eigenvalue weighted by molar-refractivity contribution is -0.141. The summed E-state index contributed by atoms with van der Waals surface area (Å²) in [5.41, 5.74) is -0.487. The van der Waals surface area contributed by atoms with E-state index in [4.69, 9.17) is 0 Å². The van der Waals surface area contributed by atoms with Gasteiger partial charge in [0.25, 0.3) is 0 Å². The zero-order chi connectivity index (χ0) is 14.5. The third-order valence-corrected chi connectivity index (χ3v) is 3.92. The number of carbonyl (C=O) groups is 1. The molecule has 1 saturated carbocycles. The predicted octanol–water partition coefficient (Wildman–Crippen LogP) is 1.96. The van der Waals surface area contributed by atoms with E-state index in [1.54, 1.807) is 6.92 Å². The third-order valence-electron chi connectivity index (χ3n) is 3.92. The monoisotopic (exact) mass is 285 g/mol. The molecular formula is C13H14F3N3O. The maximum atomic E-state index is 12.6. The van der Waals surface area contributed by atoms with E-state index in [2.05, 4.69) is 15.6 Å². The smallest absolute Gasteiger partial charge is 0.309 e. The van der Waals surface area contributed by atoms with Gasteiger partial charge in [-0.25, -0.2) is 4.98 Å². The highest BCUT2D eigenvalue weighted by Crippen LogP contribution is 2.45. The fourth-order valence-electron chi connectivity index (χ4n) is 2.64. The Kier molecular flexibility index (Phi) is 2.97. The zero-order valence-electron chi connectivity index (χ0n) is 10.8. The van der Waals surface area contributed by atoms with E-state index in [0.717, 1.165) is 19.0 Å². The second-order valence-electron chi connectivity index (χ2n) is 5.39.